The summed E-state index contributed by atoms with van der Waals surface area (Å²) in [6.45, 7) is 0.161. The third-order valence-corrected chi connectivity index (χ3v) is 8.48. The number of fused-ring (bicyclic) bond motifs is 1. The van der Waals surface area contributed by atoms with Crippen LogP contribution in [-0.4, -0.2) is 54.1 Å². The van der Waals surface area contributed by atoms with E-state index in [-0.39, 0.29) is 35.8 Å². The molecule has 0 radical (unpaired) electrons. The van der Waals surface area contributed by atoms with Crippen molar-refractivity contribution in [2.24, 2.45) is 0 Å². The molecule has 1 aromatic heterocycles. The lowest BCUT2D eigenvalue weighted by Gasteiger charge is -2.09. The maximum Gasteiger partial charge on any atom is 0.323 e. The Labute approximate surface area is 252 Å². The van der Waals surface area contributed by atoms with Crippen molar-refractivity contribution in [2.75, 3.05) is 19.0 Å². The van der Waals surface area contributed by atoms with Gasteiger partial charge in [-0.05, 0) is 54.7 Å². The Kier molecular flexibility index (Phi) is 10.7. The lowest BCUT2D eigenvalue weighted by atomic mass is 10.1. The summed E-state index contributed by atoms with van der Waals surface area (Å²) in [6, 6.07) is 16.0. The average Bonchev–Trinajstić information content (AvgIpc) is 3.35. The molecule has 1 heterocycles. The Morgan fingerprint density at radius 1 is 0.841 bits per heavy atom. The minimum atomic E-state index is -3.87. The van der Waals surface area contributed by atoms with E-state index in [0.717, 1.165) is 11.6 Å². The zero-order valence-corrected chi connectivity index (χ0v) is 24.4. The maximum atomic E-state index is 13.6. The molecule has 4 aromatic rings. The predicted octanol–water partition coefficient (Wildman–Crippen LogP) is 6.05. The number of unbranched alkanes of at least 4 members (excludes halogenated alkanes) is 1. The van der Waals surface area contributed by atoms with E-state index in [9.17, 15) is 31.9 Å². The van der Waals surface area contributed by atoms with E-state index >= 15 is 0 Å². The van der Waals surface area contributed by atoms with Crippen molar-refractivity contribution in [3.05, 3.63) is 89.6 Å². The molecule has 0 spiro atoms. The van der Waals surface area contributed by atoms with Gasteiger partial charge in [0.1, 0.15) is 12.3 Å². The third-order valence-electron chi connectivity index (χ3n) is 6.65. The highest BCUT2D eigenvalue weighted by Gasteiger charge is 2.23. The monoisotopic (exact) mass is 627 g/mol. The van der Waals surface area contributed by atoms with Crippen molar-refractivity contribution in [2.45, 2.75) is 37.1 Å². The van der Waals surface area contributed by atoms with Crippen molar-refractivity contribution in [3.63, 3.8) is 0 Å². The Morgan fingerprint density at radius 2 is 1.55 bits per heavy atom. The first-order valence-corrected chi connectivity index (χ1v) is 15.5. The van der Waals surface area contributed by atoms with Gasteiger partial charge in [-0.3, -0.25) is 9.59 Å². The number of carboxylic acid groups (broad SMARTS) is 2. The number of hydrogen-bond acceptors (Lipinski definition) is 6. The minimum absolute atomic E-state index is 0.0384. The van der Waals surface area contributed by atoms with Crippen LogP contribution in [0.25, 0.3) is 23.1 Å². The summed E-state index contributed by atoms with van der Waals surface area (Å²) in [5, 5.41) is 18.7. The molecule has 0 aliphatic rings. The molecule has 0 atom stereocenters. The highest BCUT2D eigenvalue weighted by atomic mass is 32.2. The molecule has 4 rings (SSSR count). The molecule has 0 aliphatic carbocycles. The molecule has 2 N–H and O–H groups in total. The second-order valence-corrected chi connectivity index (χ2v) is 12.0. The molecular weight excluding hydrogens is 596 g/mol. The van der Waals surface area contributed by atoms with Crippen LogP contribution in [0.3, 0.4) is 0 Å². The van der Waals surface area contributed by atoms with Crippen molar-refractivity contribution in [3.8, 4) is 11.5 Å². The fraction of sp³-hybridized carbons (Fsp3) is 0.250. The topological polar surface area (TPSA) is 132 Å². The number of nitrogens with zero attached hydrogens (tertiary/aromatic N) is 1. The molecule has 44 heavy (non-hydrogen) atoms. The second kappa shape index (κ2) is 14.6. The summed E-state index contributed by atoms with van der Waals surface area (Å²) in [5.74, 6) is -4.06. The smallest absolute Gasteiger partial charge is 0.323 e. The van der Waals surface area contributed by atoms with Crippen molar-refractivity contribution >= 4 is 44.8 Å². The van der Waals surface area contributed by atoms with E-state index < -0.39 is 40.0 Å². The third kappa shape index (κ3) is 8.44. The van der Waals surface area contributed by atoms with Gasteiger partial charge in [-0.1, -0.05) is 48.6 Å². The molecule has 0 unspecified atom stereocenters. The highest BCUT2D eigenvalue weighted by molar-refractivity contribution is 7.91. The maximum absolute atomic E-state index is 13.6. The first kappa shape index (κ1) is 32.2. The number of rotatable bonds is 16. The van der Waals surface area contributed by atoms with Gasteiger partial charge < -0.3 is 24.3 Å². The van der Waals surface area contributed by atoms with Gasteiger partial charge in [-0.15, -0.1) is 0 Å². The fourth-order valence-electron chi connectivity index (χ4n) is 4.57. The molecule has 3 aromatic carbocycles. The van der Waals surface area contributed by atoms with E-state index in [1.165, 1.54) is 22.9 Å². The van der Waals surface area contributed by atoms with Crippen LogP contribution in [-0.2, 0) is 26.0 Å². The van der Waals surface area contributed by atoms with Crippen LogP contribution in [0.2, 0.25) is 0 Å². The Balaban J connectivity index is 1.40. The number of carboxylic acids is 2. The first-order chi connectivity index (χ1) is 21.0. The summed E-state index contributed by atoms with van der Waals surface area (Å²) in [6.07, 6.45) is 5.73. The van der Waals surface area contributed by atoms with Crippen LogP contribution < -0.4 is 9.47 Å². The lowest BCUT2D eigenvalue weighted by Crippen LogP contribution is -2.09. The largest absolute Gasteiger partial charge is 0.494 e. The summed E-state index contributed by atoms with van der Waals surface area (Å²) >= 11 is 0. The molecule has 0 saturated heterocycles. The van der Waals surface area contributed by atoms with Crippen molar-refractivity contribution in [1.82, 2.24) is 4.57 Å². The van der Waals surface area contributed by atoms with E-state index in [2.05, 4.69) is 0 Å². The van der Waals surface area contributed by atoms with E-state index in [1.54, 1.807) is 42.5 Å². The number of sulfone groups is 1. The highest BCUT2D eigenvalue weighted by Crippen LogP contribution is 2.31. The number of halogens is 2. The Hall–Kier alpha value is -4.71. The second-order valence-electron chi connectivity index (χ2n) is 9.93. The van der Waals surface area contributed by atoms with Crippen LogP contribution in [0.4, 0.5) is 8.78 Å². The summed E-state index contributed by atoms with van der Waals surface area (Å²) in [7, 11) is -3.87. The van der Waals surface area contributed by atoms with Gasteiger partial charge >= 0.3 is 11.9 Å². The van der Waals surface area contributed by atoms with Crippen LogP contribution in [0.5, 0.6) is 11.5 Å². The summed E-state index contributed by atoms with van der Waals surface area (Å²) in [5.41, 5.74) is 1.86. The quantitative estimate of drug-likeness (QED) is 0.113. The van der Waals surface area contributed by atoms with Gasteiger partial charge in [0, 0.05) is 18.0 Å². The number of carbonyl (C=O) groups is 2. The number of aliphatic carboxylic acids is 2. The fourth-order valence-corrected chi connectivity index (χ4v) is 6.10. The van der Waals surface area contributed by atoms with E-state index in [4.69, 9.17) is 14.6 Å². The average molecular weight is 628 g/mol. The van der Waals surface area contributed by atoms with Crippen LogP contribution in [0.15, 0.2) is 71.8 Å². The van der Waals surface area contributed by atoms with Crippen molar-refractivity contribution < 1.29 is 46.5 Å². The van der Waals surface area contributed by atoms with Gasteiger partial charge in [0.15, 0.2) is 21.4 Å². The Morgan fingerprint density at radius 3 is 2.25 bits per heavy atom. The van der Waals surface area contributed by atoms with Gasteiger partial charge in [0.25, 0.3) is 0 Å². The Bertz CT molecular complexity index is 1770. The van der Waals surface area contributed by atoms with E-state index in [1.807, 2.05) is 12.1 Å². The molecule has 12 heteroatoms. The predicted molar refractivity (Wildman–Crippen MR) is 160 cm³/mol. The molecule has 0 bridgehead atoms. The molecule has 0 amide bonds. The standard InChI is InChI=1S/C32H31F2NO8S/c33-26-8-4-9-27(31(26)34)43-18-2-1-17-42-24-15-12-22(13-16-24)11-14-23-6-3-7-25-28(20-35(32(23)25)21-30(38)39)44(40,41)19-5-10-29(36)37/h3-4,6-9,11-16,20H,1-2,5,10,17-19,21H2,(H,36,37)(H,38,39)/b14-11+. The van der Waals surface area contributed by atoms with Gasteiger partial charge in [-0.2, -0.15) is 4.39 Å². The first-order valence-electron chi connectivity index (χ1n) is 13.8. The molecule has 9 nitrogen and oxygen atoms in total. The van der Waals surface area contributed by atoms with Crippen molar-refractivity contribution in [1.29, 1.82) is 0 Å². The van der Waals surface area contributed by atoms with Gasteiger partial charge in [0.05, 0.1) is 29.4 Å². The lowest BCUT2D eigenvalue weighted by molar-refractivity contribution is -0.138. The number of hydrogen-bond donors (Lipinski definition) is 2. The normalized spacial score (nSPS) is 11.7. The number of para-hydroxylation sites is 1. The zero-order valence-electron chi connectivity index (χ0n) is 23.6. The number of benzene rings is 3. The number of ether oxygens (including phenoxy) is 2. The molecule has 0 aliphatic heterocycles. The SMILES string of the molecule is O=C(O)CCCS(=O)(=O)c1cn(CC(=O)O)c2c(/C=C/c3ccc(OCCCCOc4cccc(F)c4F)cc3)cccc12. The van der Waals surface area contributed by atoms with Crippen LogP contribution >= 0.6 is 0 Å². The van der Waals surface area contributed by atoms with E-state index in [0.29, 0.717) is 41.7 Å². The van der Waals surface area contributed by atoms with Crippen LogP contribution in [0, 0.1) is 11.6 Å². The van der Waals surface area contributed by atoms with Crippen LogP contribution in [0.1, 0.15) is 36.8 Å². The molecular formula is C32H31F2NO8S. The molecule has 0 fully saturated rings. The van der Waals surface area contributed by atoms with Gasteiger partial charge in [-0.25, -0.2) is 12.8 Å². The van der Waals surface area contributed by atoms with Gasteiger partial charge in [0.2, 0.25) is 5.82 Å². The minimum Gasteiger partial charge on any atom is -0.494 e. The molecule has 0 saturated carbocycles. The summed E-state index contributed by atoms with van der Waals surface area (Å²) in [4.78, 5) is 22.4. The zero-order chi connectivity index (χ0) is 31.7. The number of aromatic nitrogens is 1. The molecule has 232 valence electrons. The summed E-state index contributed by atoms with van der Waals surface area (Å²) < 4.78 is 65.4.